The zero-order valence-corrected chi connectivity index (χ0v) is 25.6. The summed E-state index contributed by atoms with van der Waals surface area (Å²) in [6.07, 6.45) is 3.79. The van der Waals surface area contributed by atoms with Crippen molar-refractivity contribution in [1.29, 1.82) is 0 Å². The highest BCUT2D eigenvalue weighted by Gasteiger charge is 2.33. The van der Waals surface area contributed by atoms with E-state index in [-0.39, 0.29) is 46.4 Å². The Bertz CT molecular complexity index is 1660. The maximum Gasteiger partial charge on any atom is 0.277 e. The first kappa shape index (κ1) is 31.4. The normalized spacial score (nSPS) is 12.7. The summed E-state index contributed by atoms with van der Waals surface area (Å²) >= 11 is 1.20. The van der Waals surface area contributed by atoms with E-state index in [0.29, 0.717) is 24.4 Å². The van der Waals surface area contributed by atoms with E-state index >= 15 is 0 Å². The molecule has 2 atom stereocenters. The third-order valence-electron chi connectivity index (χ3n) is 6.84. The zero-order chi connectivity index (χ0) is 31.1. The number of nitrogens with one attached hydrogen (secondary N) is 2. The average Bonchev–Trinajstić information content (AvgIpc) is 3.51. The Morgan fingerprint density at radius 1 is 1.05 bits per heavy atom. The van der Waals surface area contributed by atoms with E-state index in [9.17, 15) is 14.4 Å². The number of ketones is 1. The summed E-state index contributed by atoms with van der Waals surface area (Å²) in [6, 6.07) is 11.8. The van der Waals surface area contributed by atoms with Gasteiger partial charge in [-0.1, -0.05) is 50.2 Å². The Kier molecular flexibility index (Phi) is 10.3. The molecule has 0 aliphatic heterocycles. The second-order valence-electron chi connectivity index (χ2n) is 10.9. The van der Waals surface area contributed by atoms with Crippen LogP contribution in [0, 0.1) is 5.92 Å². The van der Waals surface area contributed by atoms with Crippen LogP contribution in [-0.2, 0) is 4.79 Å². The van der Waals surface area contributed by atoms with Gasteiger partial charge < -0.3 is 22.1 Å². The fraction of sp³-hybridized carbons (Fsp3) is 0.355. The molecular formula is C31H38N8O3S. The van der Waals surface area contributed by atoms with Gasteiger partial charge in [-0.3, -0.25) is 23.9 Å². The first-order valence-electron chi connectivity index (χ1n) is 14.2. The Morgan fingerprint density at radius 3 is 2.44 bits per heavy atom. The van der Waals surface area contributed by atoms with E-state index in [1.807, 2.05) is 70.2 Å². The number of Topliss-reactive ketones (excluding diaryl/α,β-unsaturated/α-hetero) is 1. The van der Waals surface area contributed by atoms with Gasteiger partial charge in [0, 0.05) is 29.7 Å². The van der Waals surface area contributed by atoms with Gasteiger partial charge >= 0.3 is 0 Å². The van der Waals surface area contributed by atoms with Crippen molar-refractivity contribution in [1.82, 2.24) is 19.9 Å². The topological polar surface area (TPSA) is 170 Å². The van der Waals surface area contributed by atoms with Gasteiger partial charge in [-0.15, -0.1) is 11.3 Å². The lowest BCUT2D eigenvalue weighted by Crippen LogP contribution is -2.47. The lowest BCUT2D eigenvalue weighted by molar-refractivity contribution is -0.126. The molecule has 4 rings (SSSR count). The first-order chi connectivity index (χ1) is 20.6. The van der Waals surface area contributed by atoms with Crippen LogP contribution in [0.15, 0.2) is 70.0 Å². The molecule has 1 amide bonds. The SMILES string of the molecule is CC(C)Nc1cnc(-c2ccc3ccccc3c2)n([C@H](C(=O)N[C@@H](CCCN=C(N)N)C(=O)c2nccs2)C(C)C)c1=O. The van der Waals surface area contributed by atoms with E-state index < -0.39 is 18.0 Å². The lowest BCUT2D eigenvalue weighted by atomic mass is 9.99. The predicted molar refractivity (Wildman–Crippen MR) is 172 cm³/mol. The number of fused-ring (bicyclic) bond motifs is 1. The van der Waals surface area contributed by atoms with Crippen molar-refractivity contribution in [2.24, 2.45) is 22.4 Å². The largest absolute Gasteiger partial charge is 0.377 e. The van der Waals surface area contributed by atoms with E-state index in [1.54, 1.807) is 11.6 Å². The van der Waals surface area contributed by atoms with Crippen LogP contribution in [-0.4, -0.2) is 50.8 Å². The van der Waals surface area contributed by atoms with Crippen molar-refractivity contribution >= 4 is 45.4 Å². The Hall–Kier alpha value is -4.58. The van der Waals surface area contributed by atoms with Crippen LogP contribution in [0.25, 0.3) is 22.2 Å². The van der Waals surface area contributed by atoms with Gasteiger partial charge in [0.15, 0.2) is 11.0 Å². The minimum Gasteiger partial charge on any atom is -0.377 e. The number of hydrogen-bond donors (Lipinski definition) is 4. The molecule has 0 aliphatic rings. The number of anilines is 1. The van der Waals surface area contributed by atoms with Crippen LogP contribution in [0.4, 0.5) is 5.69 Å². The molecule has 2 aromatic heterocycles. The molecule has 0 radical (unpaired) electrons. The molecule has 0 unspecified atom stereocenters. The van der Waals surface area contributed by atoms with Crippen LogP contribution < -0.4 is 27.7 Å². The number of nitrogens with zero attached hydrogens (tertiary/aromatic N) is 4. The van der Waals surface area contributed by atoms with Crippen molar-refractivity contribution in [3.05, 3.63) is 75.6 Å². The van der Waals surface area contributed by atoms with Crippen LogP contribution in [0.5, 0.6) is 0 Å². The number of guanidine groups is 1. The zero-order valence-electron chi connectivity index (χ0n) is 24.8. The second-order valence-corrected chi connectivity index (χ2v) is 11.8. The molecule has 0 aliphatic carbocycles. The quantitative estimate of drug-likeness (QED) is 0.0771. The second kappa shape index (κ2) is 14.1. The number of nitrogens with two attached hydrogens (primary N) is 2. The number of benzene rings is 2. The monoisotopic (exact) mass is 602 g/mol. The Morgan fingerprint density at radius 2 is 1.79 bits per heavy atom. The summed E-state index contributed by atoms with van der Waals surface area (Å²) in [5.41, 5.74) is 11.5. The van der Waals surface area contributed by atoms with Crippen molar-refractivity contribution in [2.45, 2.75) is 58.7 Å². The Labute approximate surface area is 254 Å². The molecule has 0 fully saturated rings. The van der Waals surface area contributed by atoms with Crippen LogP contribution >= 0.6 is 11.3 Å². The minimum atomic E-state index is -0.973. The molecule has 2 aromatic carbocycles. The number of amides is 1. The maximum atomic E-state index is 14.1. The average molecular weight is 603 g/mol. The van der Waals surface area contributed by atoms with Gasteiger partial charge in [-0.25, -0.2) is 9.97 Å². The molecule has 0 saturated heterocycles. The van der Waals surface area contributed by atoms with Gasteiger partial charge in [0.25, 0.3) is 5.56 Å². The number of carbonyl (C=O) groups excluding carboxylic acids is 2. The third-order valence-corrected chi connectivity index (χ3v) is 7.63. The number of rotatable bonds is 13. The van der Waals surface area contributed by atoms with Gasteiger partial charge in [-0.2, -0.15) is 0 Å². The van der Waals surface area contributed by atoms with Crippen LogP contribution in [0.1, 0.15) is 56.4 Å². The molecule has 43 heavy (non-hydrogen) atoms. The van der Waals surface area contributed by atoms with Crippen molar-refractivity contribution < 1.29 is 9.59 Å². The third kappa shape index (κ3) is 7.63. The van der Waals surface area contributed by atoms with Crippen molar-refractivity contribution in [3.63, 3.8) is 0 Å². The number of aromatic nitrogens is 3. The number of carbonyl (C=O) groups is 2. The predicted octanol–water partition coefficient (Wildman–Crippen LogP) is 3.96. The standard InChI is InChI=1S/C31H38N8O3S/c1-18(2)25(28(41)38-23(10-7-13-35-31(32)33)26(40)29-34-14-15-43-29)39-27(36-17-24(30(39)42)37-19(3)4)22-12-11-20-8-5-6-9-21(20)16-22/h5-6,8-9,11-12,14-19,23,25,37H,7,10,13H2,1-4H3,(H,38,41)(H4,32,33,35)/t23-,25-/m0/s1. The highest BCUT2D eigenvalue weighted by atomic mass is 32.1. The molecule has 12 heteroatoms. The van der Waals surface area contributed by atoms with Crippen molar-refractivity contribution in [3.8, 4) is 11.4 Å². The van der Waals surface area contributed by atoms with E-state index in [2.05, 4.69) is 20.6 Å². The van der Waals surface area contributed by atoms with Crippen LogP contribution in [0.2, 0.25) is 0 Å². The van der Waals surface area contributed by atoms with Gasteiger partial charge in [0.2, 0.25) is 11.7 Å². The molecule has 2 heterocycles. The molecule has 0 spiro atoms. The molecule has 6 N–H and O–H groups in total. The van der Waals surface area contributed by atoms with Crippen LogP contribution in [0.3, 0.4) is 0 Å². The summed E-state index contributed by atoms with van der Waals surface area (Å²) in [5, 5.41) is 10.1. The summed E-state index contributed by atoms with van der Waals surface area (Å²) in [4.78, 5) is 54.4. The summed E-state index contributed by atoms with van der Waals surface area (Å²) in [7, 11) is 0. The lowest BCUT2D eigenvalue weighted by Gasteiger charge is -2.28. The van der Waals surface area contributed by atoms with E-state index in [4.69, 9.17) is 16.5 Å². The number of hydrogen-bond acceptors (Lipinski definition) is 8. The molecule has 226 valence electrons. The molecular weight excluding hydrogens is 564 g/mol. The van der Waals surface area contributed by atoms with Gasteiger partial charge in [0.1, 0.15) is 17.6 Å². The summed E-state index contributed by atoms with van der Waals surface area (Å²) in [5.74, 6) is -0.806. The highest BCUT2D eigenvalue weighted by Crippen LogP contribution is 2.28. The van der Waals surface area contributed by atoms with E-state index in [0.717, 1.165) is 10.8 Å². The summed E-state index contributed by atoms with van der Waals surface area (Å²) in [6.45, 7) is 7.86. The number of thiazole rings is 1. The fourth-order valence-corrected chi connectivity index (χ4v) is 5.55. The maximum absolute atomic E-state index is 14.1. The first-order valence-corrected chi connectivity index (χ1v) is 15.1. The Balaban J connectivity index is 1.78. The highest BCUT2D eigenvalue weighted by molar-refractivity contribution is 7.11. The minimum absolute atomic E-state index is 0.0358. The van der Waals surface area contributed by atoms with Crippen molar-refractivity contribution in [2.75, 3.05) is 11.9 Å². The van der Waals surface area contributed by atoms with E-state index in [1.165, 1.54) is 22.1 Å². The fourth-order valence-electron chi connectivity index (χ4n) is 4.92. The van der Waals surface area contributed by atoms with Gasteiger partial charge in [0.05, 0.1) is 12.2 Å². The molecule has 0 saturated carbocycles. The number of aliphatic imine (C=N–C) groups is 1. The molecule has 0 bridgehead atoms. The molecule has 4 aromatic rings. The smallest absolute Gasteiger partial charge is 0.277 e. The molecule has 11 nitrogen and oxygen atoms in total. The summed E-state index contributed by atoms with van der Waals surface area (Å²) < 4.78 is 1.44. The van der Waals surface area contributed by atoms with Gasteiger partial charge in [-0.05, 0) is 49.4 Å².